The first-order chi connectivity index (χ1) is 18.0. The van der Waals surface area contributed by atoms with Crippen molar-refractivity contribution in [3.05, 3.63) is 23.8 Å². The van der Waals surface area contributed by atoms with Crippen molar-refractivity contribution in [3.63, 3.8) is 0 Å². The van der Waals surface area contributed by atoms with Crippen LogP contribution in [0.4, 0.5) is 0 Å². The minimum atomic E-state index is -1.51. The lowest BCUT2D eigenvalue weighted by Crippen LogP contribution is -2.60. The highest BCUT2D eigenvalue weighted by Gasteiger charge is 2.53. The summed E-state index contributed by atoms with van der Waals surface area (Å²) in [6.07, 6.45) is -1.54. The Labute approximate surface area is 227 Å². The van der Waals surface area contributed by atoms with Crippen molar-refractivity contribution in [1.82, 2.24) is 0 Å². The fourth-order valence-electron chi connectivity index (χ4n) is 4.70. The molecular formula is C27H38O12. The summed E-state index contributed by atoms with van der Waals surface area (Å²) >= 11 is 0. The van der Waals surface area contributed by atoms with Gasteiger partial charge in [-0.15, -0.1) is 0 Å². The van der Waals surface area contributed by atoms with Gasteiger partial charge in [0.1, 0.15) is 12.2 Å². The Morgan fingerprint density at radius 3 is 2.08 bits per heavy atom. The summed E-state index contributed by atoms with van der Waals surface area (Å²) in [7, 11) is 0. The van der Waals surface area contributed by atoms with E-state index in [-0.39, 0.29) is 18.8 Å². The standard InChI is InChI=1S/C27H38O12/c1-14-11-20(32)12-26(7,8)27(14,33)10-9-15(2)35-24-21(13-34-16(3)28)22(36-17(4)29)23(37-18(5)30)25(39-24)38-19(6)31/h9-11,15,21-25,33H,12-13H2,1-8H3/b10-9+. The van der Waals surface area contributed by atoms with Gasteiger partial charge in [-0.05, 0) is 31.6 Å². The molecule has 1 fully saturated rings. The van der Waals surface area contributed by atoms with Crippen LogP contribution in [0.15, 0.2) is 23.8 Å². The summed E-state index contributed by atoms with van der Waals surface area (Å²) in [5, 5.41) is 11.4. The van der Waals surface area contributed by atoms with Crippen LogP contribution in [0.25, 0.3) is 0 Å². The zero-order chi connectivity index (χ0) is 29.7. The minimum absolute atomic E-state index is 0.0841. The fraction of sp³-hybridized carbons (Fsp3) is 0.667. The maximum atomic E-state index is 12.0. The molecule has 2 aliphatic rings. The van der Waals surface area contributed by atoms with Crippen LogP contribution in [0, 0.1) is 11.3 Å². The van der Waals surface area contributed by atoms with Gasteiger partial charge < -0.3 is 33.5 Å². The van der Waals surface area contributed by atoms with Crippen LogP contribution >= 0.6 is 0 Å². The molecule has 0 radical (unpaired) electrons. The predicted molar refractivity (Wildman–Crippen MR) is 133 cm³/mol. The Morgan fingerprint density at radius 1 is 1.00 bits per heavy atom. The molecule has 218 valence electrons. The van der Waals surface area contributed by atoms with Gasteiger partial charge in [-0.1, -0.05) is 19.9 Å². The Kier molecular flexibility index (Phi) is 10.6. The van der Waals surface area contributed by atoms with Crippen molar-refractivity contribution in [1.29, 1.82) is 0 Å². The molecule has 12 heteroatoms. The van der Waals surface area contributed by atoms with E-state index in [1.165, 1.54) is 19.1 Å². The average molecular weight is 555 g/mol. The molecule has 1 heterocycles. The van der Waals surface area contributed by atoms with Crippen LogP contribution in [0.5, 0.6) is 0 Å². The van der Waals surface area contributed by atoms with E-state index in [4.69, 9.17) is 28.4 Å². The van der Waals surface area contributed by atoms with Crippen molar-refractivity contribution < 1.29 is 57.5 Å². The Bertz CT molecular complexity index is 1030. The van der Waals surface area contributed by atoms with Crippen LogP contribution in [-0.2, 0) is 52.4 Å². The predicted octanol–water partition coefficient (Wildman–Crippen LogP) is 1.91. The number of allylic oxidation sites excluding steroid dienone is 1. The summed E-state index contributed by atoms with van der Waals surface area (Å²) in [5.74, 6) is -3.98. The molecular weight excluding hydrogens is 516 g/mol. The largest absolute Gasteiger partial charge is 0.465 e. The van der Waals surface area contributed by atoms with E-state index in [0.29, 0.717) is 5.57 Å². The average Bonchev–Trinajstić information content (AvgIpc) is 2.76. The molecule has 0 bridgehead atoms. The molecule has 1 N–H and O–H groups in total. The highest BCUT2D eigenvalue weighted by Crippen LogP contribution is 2.44. The van der Waals surface area contributed by atoms with Crippen molar-refractivity contribution in [3.8, 4) is 0 Å². The van der Waals surface area contributed by atoms with E-state index in [9.17, 15) is 29.1 Å². The molecule has 7 unspecified atom stereocenters. The molecule has 1 aliphatic heterocycles. The molecule has 0 spiro atoms. The van der Waals surface area contributed by atoms with E-state index >= 15 is 0 Å². The van der Waals surface area contributed by atoms with E-state index in [0.717, 1.165) is 20.8 Å². The number of hydrogen-bond acceptors (Lipinski definition) is 12. The topological polar surface area (TPSA) is 161 Å². The first-order valence-corrected chi connectivity index (χ1v) is 12.6. The third-order valence-corrected chi connectivity index (χ3v) is 6.58. The Morgan fingerprint density at radius 2 is 1.56 bits per heavy atom. The van der Waals surface area contributed by atoms with E-state index in [2.05, 4.69) is 0 Å². The summed E-state index contributed by atoms with van der Waals surface area (Å²) in [6, 6.07) is 0. The molecule has 7 atom stereocenters. The number of ether oxygens (including phenoxy) is 6. The number of carbonyl (C=O) groups excluding carboxylic acids is 5. The lowest BCUT2D eigenvalue weighted by molar-refractivity contribution is -0.340. The van der Waals surface area contributed by atoms with Crippen molar-refractivity contribution >= 4 is 29.7 Å². The zero-order valence-electron chi connectivity index (χ0n) is 23.5. The molecule has 0 amide bonds. The van der Waals surface area contributed by atoms with Crippen LogP contribution in [0.2, 0.25) is 0 Å². The van der Waals surface area contributed by atoms with E-state index in [1.807, 2.05) is 0 Å². The summed E-state index contributed by atoms with van der Waals surface area (Å²) in [5.41, 5.74) is -1.76. The third-order valence-electron chi connectivity index (χ3n) is 6.58. The number of esters is 4. The van der Waals surface area contributed by atoms with Gasteiger partial charge in [-0.3, -0.25) is 24.0 Å². The van der Waals surface area contributed by atoms with Crippen LogP contribution in [0.3, 0.4) is 0 Å². The van der Waals surface area contributed by atoms with Crippen LogP contribution < -0.4 is 0 Å². The van der Waals surface area contributed by atoms with Gasteiger partial charge in [0, 0.05) is 39.5 Å². The van der Waals surface area contributed by atoms with Gasteiger partial charge >= 0.3 is 23.9 Å². The first kappa shape index (κ1) is 32.1. The normalized spacial score (nSPS) is 31.2. The second-order valence-corrected chi connectivity index (χ2v) is 10.4. The molecule has 0 aromatic heterocycles. The molecule has 12 nitrogen and oxygen atoms in total. The van der Waals surface area contributed by atoms with Gasteiger partial charge in [-0.2, -0.15) is 0 Å². The van der Waals surface area contributed by atoms with E-state index in [1.54, 1.807) is 33.8 Å². The van der Waals surface area contributed by atoms with E-state index < -0.39 is 71.7 Å². The molecule has 39 heavy (non-hydrogen) atoms. The second-order valence-electron chi connectivity index (χ2n) is 10.4. The molecule has 2 rings (SSSR count). The van der Waals surface area contributed by atoms with Gasteiger partial charge in [0.15, 0.2) is 18.2 Å². The first-order valence-electron chi connectivity index (χ1n) is 12.6. The highest BCUT2D eigenvalue weighted by atomic mass is 16.8. The number of ketones is 1. The van der Waals surface area contributed by atoms with Crippen LogP contribution in [0.1, 0.15) is 61.8 Å². The zero-order valence-corrected chi connectivity index (χ0v) is 23.5. The number of hydrogen-bond donors (Lipinski definition) is 1. The number of aliphatic hydroxyl groups is 1. The Balaban J connectivity index is 2.42. The van der Waals surface area contributed by atoms with Gasteiger partial charge in [0.2, 0.25) is 12.4 Å². The number of carbonyl (C=O) groups is 5. The molecule has 0 aromatic rings. The maximum Gasteiger partial charge on any atom is 0.305 e. The third kappa shape index (κ3) is 8.20. The second kappa shape index (κ2) is 12.8. The summed E-state index contributed by atoms with van der Waals surface area (Å²) in [4.78, 5) is 59.3. The van der Waals surface area contributed by atoms with Crippen molar-refractivity contribution in [2.45, 2.75) is 98.3 Å². The van der Waals surface area contributed by atoms with Crippen molar-refractivity contribution in [2.75, 3.05) is 6.61 Å². The quantitative estimate of drug-likeness (QED) is 0.251. The monoisotopic (exact) mass is 554 g/mol. The SMILES string of the molecule is CC(=O)OCC1C(OC(C)/C=C/C2(O)C(C)=CC(=O)CC2(C)C)OC(OC(C)=O)C(OC(C)=O)C1OC(C)=O. The molecule has 1 aliphatic carbocycles. The smallest absolute Gasteiger partial charge is 0.305 e. The lowest BCUT2D eigenvalue weighted by Gasteiger charge is -2.45. The highest BCUT2D eigenvalue weighted by molar-refractivity contribution is 5.92. The van der Waals surface area contributed by atoms with Gasteiger partial charge in [-0.25, -0.2) is 0 Å². The number of rotatable bonds is 9. The maximum absolute atomic E-state index is 12.0. The lowest BCUT2D eigenvalue weighted by atomic mass is 9.64. The van der Waals surface area contributed by atoms with Gasteiger partial charge in [0.25, 0.3) is 0 Å². The molecule has 0 saturated carbocycles. The van der Waals surface area contributed by atoms with Crippen LogP contribution in [-0.4, -0.2) is 77.9 Å². The van der Waals surface area contributed by atoms with Gasteiger partial charge in [0.05, 0.1) is 12.0 Å². The summed E-state index contributed by atoms with van der Waals surface area (Å²) in [6.45, 7) is 11.1. The molecule has 1 saturated heterocycles. The fourth-order valence-corrected chi connectivity index (χ4v) is 4.70. The Hall–Kier alpha value is -3.09. The summed E-state index contributed by atoms with van der Waals surface area (Å²) < 4.78 is 33.0. The minimum Gasteiger partial charge on any atom is -0.465 e. The van der Waals surface area contributed by atoms with Crippen molar-refractivity contribution in [2.24, 2.45) is 11.3 Å². The molecule has 0 aromatic carbocycles.